The van der Waals surface area contributed by atoms with Gasteiger partial charge in [0.1, 0.15) is 24.2 Å². The van der Waals surface area contributed by atoms with Gasteiger partial charge < -0.3 is 34.8 Å². The molecule has 0 aromatic heterocycles. The van der Waals surface area contributed by atoms with E-state index < -0.39 is 65.8 Å². The number of nitrogens with zero attached hydrogens (tertiary/aromatic N) is 3. The Bertz CT molecular complexity index is 1050. The summed E-state index contributed by atoms with van der Waals surface area (Å²) in [6, 6.07) is -3.56. The molecule has 3 aliphatic rings. The summed E-state index contributed by atoms with van der Waals surface area (Å²) in [5, 5.41) is 5.54. The summed E-state index contributed by atoms with van der Waals surface area (Å²) < 4.78 is 10.8. The molecular formula is C29H47N5O8. The van der Waals surface area contributed by atoms with Crippen LogP contribution in [0.5, 0.6) is 0 Å². The van der Waals surface area contributed by atoms with E-state index in [1.165, 1.54) is 28.8 Å². The highest BCUT2D eigenvalue weighted by molar-refractivity contribution is 5.96. The van der Waals surface area contributed by atoms with Gasteiger partial charge in [0, 0.05) is 33.6 Å². The van der Waals surface area contributed by atoms with Crippen LogP contribution >= 0.6 is 0 Å². The van der Waals surface area contributed by atoms with Gasteiger partial charge in [-0.2, -0.15) is 0 Å². The van der Waals surface area contributed by atoms with E-state index in [1.54, 1.807) is 6.92 Å². The molecule has 236 valence electrons. The maximum absolute atomic E-state index is 13.9. The molecule has 0 aromatic carbocycles. The average molecular weight is 594 g/mol. The fourth-order valence-electron chi connectivity index (χ4n) is 5.55. The van der Waals surface area contributed by atoms with E-state index in [4.69, 9.17) is 9.47 Å². The summed E-state index contributed by atoms with van der Waals surface area (Å²) >= 11 is 0. The van der Waals surface area contributed by atoms with Crippen LogP contribution in [0.4, 0.5) is 0 Å². The molecule has 0 spiro atoms. The number of likely N-dealkylation sites (N-methyl/N-ethyl adjacent to an activating group) is 2. The minimum atomic E-state index is -1.14. The highest BCUT2D eigenvalue weighted by atomic mass is 16.6. The molecule has 13 heteroatoms. The number of carbonyl (C=O) groups is 6. The van der Waals surface area contributed by atoms with Crippen molar-refractivity contribution in [2.75, 3.05) is 33.8 Å². The molecule has 3 rings (SSSR count). The molecule has 7 atom stereocenters. The summed E-state index contributed by atoms with van der Waals surface area (Å²) in [5.41, 5.74) is 0. The Morgan fingerprint density at radius 2 is 1.62 bits per heavy atom. The molecule has 1 unspecified atom stereocenters. The molecule has 0 saturated carbocycles. The maximum Gasteiger partial charge on any atom is 0.308 e. The number of ether oxygens (including phenoxy) is 2. The average Bonchev–Trinajstić information content (AvgIpc) is 3.63. The third-order valence-electron chi connectivity index (χ3n) is 8.63. The highest BCUT2D eigenvalue weighted by Gasteiger charge is 2.44. The first kappa shape index (κ1) is 33.3. The second-order valence-electron chi connectivity index (χ2n) is 12.0. The van der Waals surface area contributed by atoms with Crippen LogP contribution in [0.3, 0.4) is 0 Å². The van der Waals surface area contributed by atoms with Crippen LogP contribution in [0.1, 0.15) is 66.7 Å². The van der Waals surface area contributed by atoms with E-state index in [-0.39, 0.29) is 37.3 Å². The SMILES string of the molecule is CC[C@H](C)[C@@H]1NC(=O)[C@@H]2CCCN2C(=O)[C@@H](C[C@H]2CO2)OC(=O)CCNC(=O)[C@H](C)N(C)C(=O)C(C(C)C)N(C)C1=O. The number of hydrogen-bond donors (Lipinski definition) is 2. The van der Waals surface area contributed by atoms with E-state index in [2.05, 4.69) is 10.6 Å². The van der Waals surface area contributed by atoms with Crippen molar-refractivity contribution < 1.29 is 38.2 Å². The Morgan fingerprint density at radius 1 is 0.952 bits per heavy atom. The van der Waals surface area contributed by atoms with Gasteiger partial charge in [-0.05, 0) is 31.6 Å². The van der Waals surface area contributed by atoms with Gasteiger partial charge in [0.2, 0.25) is 23.6 Å². The third-order valence-corrected chi connectivity index (χ3v) is 8.63. The topological polar surface area (TPSA) is 158 Å². The van der Waals surface area contributed by atoms with Crippen molar-refractivity contribution in [2.45, 2.75) is 103 Å². The van der Waals surface area contributed by atoms with Crippen molar-refractivity contribution in [2.24, 2.45) is 11.8 Å². The van der Waals surface area contributed by atoms with Crippen LogP contribution in [-0.2, 0) is 38.2 Å². The van der Waals surface area contributed by atoms with Crippen molar-refractivity contribution in [1.82, 2.24) is 25.3 Å². The lowest BCUT2D eigenvalue weighted by molar-refractivity contribution is -0.162. The molecule has 3 fully saturated rings. The number of fused-ring (bicyclic) bond motifs is 1. The molecule has 3 aliphatic heterocycles. The first-order chi connectivity index (χ1) is 19.8. The molecule has 0 aliphatic carbocycles. The predicted molar refractivity (Wildman–Crippen MR) is 152 cm³/mol. The van der Waals surface area contributed by atoms with E-state index in [0.717, 1.165) is 0 Å². The largest absolute Gasteiger partial charge is 0.452 e. The summed E-state index contributed by atoms with van der Waals surface area (Å²) in [6.07, 6.45) is 0.190. The Kier molecular flexibility index (Phi) is 11.3. The lowest BCUT2D eigenvalue weighted by atomic mass is 9.94. The van der Waals surface area contributed by atoms with E-state index >= 15 is 0 Å². The lowest BCUT2D eigenvalue weighted by Gasteiger charge is -2.38. The summed E-state index contributed by atoms with van der Waals surface area (Å²) in [5.74, 6) is -3.51. The van der Waals surface area contributed by atoms with Crippen molar-refractivity contribution in [3.63, 3.8) is 0 Å². The van der Waals surface area contributed by atoms with Crippen LogP contribution in [0, 0.1) is 11.8 Å². The molecule has 0 radical (unpaired) electrons. The van der Waals surface area contributed by atoms with Crippen LogP contribution in [-0.4, -0.2) is 120 Å². The molecule has 42 heavy (non-hydrogen) atoms. The molecule has 5 amide bonds. The fraction of sp³-hybridized carbons (Fsp3) is 0.793. The minimum Gasteiger partial charge on any atom is -0.452 e. The number of rotatable bonds is 5. The lowest BCUT2D eigenvalue weighted by Crippen LogP contribution is -2.60. The number of epoxide rings is 1. The second kappa shape index (κ2) is 14.3. The van der Waals surface area contributed by atoms with Gasteiger partial charge >= 0.3 is 5.97 Å². The van der Waals surface area contributed by atoms with Gasteiger partial charge in [-0.15, -0.1) is 0 Å². The van der Waals surface area contributed by atoms with Gasteiger partial charge in [0.25, 0.3) is 5.91 Å². The normalized spacial score (nSPS) is 31.6. The summed E-state index contributed by atoms with van der Waals surface area (Å²) in [4.78, 5) is 84.5. The smallest absolute Gasteiger partial charge is 0.308 e. The van der Waals surface area contributed by atoms with Crippen LogP contribution in [0.25, 0.3) is 0 Å². The van der Waals surface area contributed by atoms with Crippen molar-refractivity contribution >= 4 is 35.5 Å². The second-order valence-corrected chi connectivity index (χ2v) is 12.0. The maximum atomic E-state index is 13.9. The molecule has 0 bridgehead atoms. The van der Waals surface area contributed by atoms with Crippen LogP contribution < -0.4 is 10.6 Å². The number of esters is 1. The Labute approximate surface area is 248 Å². The number of nitrogens with one attached hydrogen (secondary N) is 2. The van der Waals surface area contributed by atoms with Gasteiger partial charge in [0.15, 0.2) is 6.10 Å². The quantitative estimate of drug-likeness (QED) is 0.335. The zero-order chi connectivity index (χ0) is 31.3. The van der Waals surface area contributed by atoms with E-state index in [0.29, 0.717) is 32.4 Å². The number of cyclic esters (lactones) is 1. The van der Waals surface area contributed by atoms with Crippen LogP contribution in [0.2, 0.25) is 0 Å². The van der Waals surface area contributed by atoms with Crippen molar-refractivity contribution in [3.05, 3.63) is 0 Å². The van der Waals surface area contributed by atoms with Gasteiger partial charge in [-0.25, -0.2) is 0 Å². The Morgan fingerprint density at radius 3 is 2.21 bits per heavy atom. The highest BCUT2D eigenvalue weighted by Crippen LogP contribution is 2.25. The molecule has 0 aromatic rings. The van der Waals surface area contributed by atoms with Crippen molar-refractivity contribution in [3.8, 4) is 0 Å². The number of hydrogen-bond acceptors (Lipinski definition) is 8. The first-order valence-corrected chi connectivity index (χ1v) is 15.0. The van der Waals surface area contributed by atoms with Crippen LogP contribution in [0.15, 0.2) is 0 Å². The zero-order valence-corrected chi connectivity index (χ0v) is 25.9. The summed E-state index contributed by atoms with van der Waals surface area (Å²) in [7, 11) is 3.03. The molecule has 13 nitrogen and oxygen atoms in total. The molecule has 3 saturated heterocycles. The standard InChI is InChI=1S/C29H47N5O8/c1-8-17(4)23-28(39)33(7)24(16(2)3)29(40)32(6)18(5)25(36)30-12-11-22(35)42-21(14-19-15-41-19)27(38)34-13-9-10-20(34)26(37)31-23/h16-21,23-24H,8-15H2,1-7H3,(H,30,36)(H,31,37)/t17-,18-,19-,20-,21+,23-,24?/m0/s1. The molecule has 2 N–H and O–H groups in total. The van der Waals surface area contributed by atoms with Gasteiger partial charge in [-0.1, -0.05) is 34.1 Å². The third kappa shape index (κ3) is 7.78. The first-order valence-electron chi connectivity index (χ1n) is 15.0. The van der Waals surface area contributed by atoms with Crippen molar-refractivity contribution in [1.29, 1.82) is 0 Å². The minimum absolute atomic E-state index is 0.0534. The molecule has 3 heterocycles. The van der Waals surface area contributed by atoms with Gasteiger partial charge in [-0.3, -0.25) is 28.8 Å². The van der Waals surface area contributed by atoms with E-state index in [9.17, 15) is 28.8 Å². The van der Waals surface area contributed by atoms with E-state index in [1.807, 2.05) is 27.7 Å². The fourth-order valence-corrected chi connectivity index (χ4v) is 5.55. The van der Waals surface area contributed by atoms with Gasteiger partial charge in [0.05, 0.1) is 19.1 Å². The molecular weight excluding hydrogens is 546 g/mol. The zero-order valence-electron chi connectivity index (χ0n) is 25.9. The Hall–Kier alpha value is -3.22. The predicted octanol–water partition coefficient (Wildman–Crippen LogP) is 0.0588. The number of carbonyl (C=O) groups excluding carboxylic acids is 6. The number of amides is 5. The monoisotopic (exact) mass is 593 g/mol. The Balaban J connectivity index is 1.98. The summed E-state index contributed by atoms with van der Waals surface area (Å²) in [6.45, 7) is 9.65.